The van der Waals surface area contributed by atoms with E-state index in [-0.39, 0.29) is 0 Å². The first-order valence-electron chi connectivity index (χ1n) is 3.62. The summed E-state index contributed by atoms with van der Waals surface area (Å²) in [7, 11) is 0. The molecule has 2 rings (SSSR count). The van der Waals surface area contributed by atoms with Crippen LogP contribution in [0.4, 0.5) is 0 Å². The molecular formula is C8H8N2S. The van der Waals surface area contributed by atoms with E-state index in [2.05, 4.69) is 16.1 Å². The van der Waals surface area contributed by atoms with Gasteiger partial charge in [0.25, 0.3) is 0 Å². The van der Waals surface area contributed by atoms with Gasteiger partial charge in [-0.05, 0) is 12.8 Å². The first kappa shape index (κ1) is 6.81. The van der Waals surface area contributed by atoms with Gasteiger partial charge in [0.2, 0.25) is 0 Å². The summed E-state index contributed by atoms with van der Waals surface area (Å²) in [4.78, 5) is 0. The van der Waals surface area contributed by atoms with Gasteiger partial charge >= 0.3 is 0 Å². The van der Waals surface area contributed by atoms with Crippen molar-refractivity contribution in [2.75, 3.05) is 0 Å². The van der Waals surface area contributed by atoms with E-state index in [0.717, 1.165) is 17.8 Å². The van der Waals surface area contributed by atoms with Crippen LogP contribution >= 0.6 is 11.3 Å². The molecule has 2 nitrogen and oxygen atoms in total. The van der Waals surface area contributed by atoms with E-state index in [9.17, 15) is 0 Å². The van der Waals surface area contributed by atoms with Gasteiger partial charge in [0.1, 0.15) is 10.5 Å². The number of hydrogen-bond acceptors (Lipinski definition) is 3. The van der Waals surface area contributed by atoms with E-state index in [0.29, 0.717) is 11.8 Å². The van der Waals surface area contributed by atoms with Crippen LogP contribution in [0.25, 0.3) is 0 Å². The molecule has 1 aromatic rings. The summed E-state index contributed by atoms with van der Waals surface area (Å²) in [6.07, 6.45) is 7.47. The first-order chi connectivity index (χ1) is 5.40. The molecule has 1 aliphatic carbocycles. The molecule has 1 aromatic heterocycles. The van der Waals surface area contributed by atoms with E-state index in [4.69, 9.17) is 6.42 Å². The van der Waals surface area contributed by atoms with Gasteiger partial charge in [-0.25, -0.2) is 0 Å². The Hall–Kier alpha value is -0.880. The Morgan fingerprint density at radius 2 is 2.45 bits per heavy atom. The molecule has 0 saturated heterocycles. The Bertz CT molecular complexity index is 267. The molecule has 0 N–H and O–H groups in total. The van der Waals surface area contributed by atoms with Crippen molar-refractivity contribution in [2.24, 2.45) is 5.92 Å². The van der Waals surface area contributed by atoms with E-state index in [1.54, 1.807) is 16.8 Å². The second-order valence-corrected chi connectivity index (χ2v) is 3.67. The van der Waals surface area contributed by atoms with Crippen LogP contribution in [0.2, 0.25) is 0 Å². The van der Waals surface area contributed by atoms with Crippen LogP contribution in [0.15, 0.2) is 5.51 Å². The Balaban J connectivity index is 1.99. The molecule has 3 heteroatoms. The minimum absolute atomic E-state index is 0.490. The highest BCUT2D eigenvalue weighted by molar-refractivity contribution is 7.09. The van der Waals surface area contributed by atoms with Crippen molar-refractivity contribution < 1.29 is 0 Å². The van der Waals surface area contributed by atoms with Gasteiger partial charge in [0, 0.05) is 11.8 Å². The van der Waals surface area contributed by atoms with Crippen LogP contribution in [0, 0.1) is 18.3 Å². The van der Waals surface area contributed by atoms with E-state index < -0.39 is 0 Å². The molecule has 0 spiro atoms. The highest BCUT2D eigenvalue weighted by Gasteiger charge is 2.30. The summed E-state index contributed by atoms with van der Waals surface area (Å²) in [5, 5.41) is 8.95. The van der Waals surface area contributed by atoms with Crippen molar-refractivity contribution in [3.63, 3.8) is 0 Å². The summed E-state index contributed by atoms with van der Waals surface area (Å²) in [6.45, 7) is 0. The lowest BCUT2D eigenvalue weighted by molar-refractivity contribution is 0.332. The maximum absolute atomic E-state index is 5.27. The summed E-state index contributed by atoms with van der Waals surface area (Å²) < 4.78 is 0. The summed E-state index contributed by atoms with van der Waals surface area (Å²) in [5.41, 5.74) is 1.78. The molecule has 0 aliphatic heterocycles. The van der Waals surface area contributed by atoms with Crippen LogP contribution in [0.1, 0.15) is 23.8 Å². The molecule has 1 saturated carbocycles. The number of hydrogen-bond donors (Lipinski definition) is 0. The second kappa shape index (κ2) is 2.63. The monoisotopic (exact) mass is 164 g/mol. The minimum Gasteiger partial charge on any atom is -0.147 e. The van der Waals surface area contributed by atoms with Gasteiger partial charge < -0.3 is 0 Å². The van der Waals surface area contributed by atoms with Gasteiger partial charge in [0.05, 0.1) is 0 Å². The first-order valence-corrected chi connectivity index (χ1v) is 4.50. The fraction of sp³-hybridized carbons (Fsp3) is 0.500. The van der Waals surface area contributed by atoms with Crippen LogP contribution in [-0.4, -0.2) is 10.2 Å². The van der Waals surface area contributed by atoms with Crippen LogP contribution in [0.3, 0.4) is 0 Å². The smallest absolute Gasteiger partial charge is 0.120 e. The normalized spacial score (nSPS) is 29.0. The third-order valence-electron chi connectivity index (χ3n) is 2.10. The third kappa shape index (κ3) is 1.14. The van der Waals surface area contributed by atoms with Crippen molar-refractivity contribution in [1.82, 2.24) is 10.2 Å². The fourth-order valence-electron chi connectivity index (χ4n) is 1.32. The lowest BCUT2D eigenvalue weighted by Gasteiger charge is -2.29. The zero-order valence-corrected chi connectivity index (χ0v) is 6.84. The van der Waals surface area contributed by atoms with Crippen molar-refractivity contribution in [3.05, 3.63) is 10.5 Å². The lowest BCUT2D eigenvalue weighted by Crippen LogP contribution is -2.19. The molecule has 1 aliphatic rings. The average molecular weight is 164 g/mol. The highest BCUT2D eigenvalue weighted by Crippen LogP contribution is 2.41. The Labute approximate surface area is 69.7 Å². The van der Waals surface area contributed by atoms with Gasteiger partial charge in [-0.15, -0.1) is 33.9 Å². The van der Waals surface area contributed by atoms with Gasteiger partial charge in [-0.2, -0.15) is 0 Å². The van der Waals surface area contributed by atoms with E-state index in [1.807, 2.05) is 0 Å². The highest BCUT2D eigenvalue weighted by atomic mass is 32.1. The Morgan fingerprint density at radius 1 is 1.64 bits per heavy atom. The number of rotatable bonds is 1. The molecule has 0 atom stereocenters. The quantitative estimate of drug-likeness (QED) is 0.590. The molecule has 1 heterocycles. The van der Waals surface area contributed by atoms with Gasteiger partial charge in [-0.1, -0.05) is 0 Å². The second-order valence-electron chi connectivity index (χ2n) is 2.81. The average Bonchev–Trinajstić information content (AvgIpc) is 2.37. The molecule has 56 valence electrons. The predicted molar refractivity (Wildman–Crippen MR) is 44.2 cm³/mol. The van der Waals surface area contributed by atoms with Crippen LogP contribution in [0.5, 0.6) is 0 Å². The molecule has 0 aromatic carbocycles. The number of terminal acetylenes is 1. The molecule has 0 amide bonds. The zero-order valence-electron chi connectivity index (χ0n) is 6.03. The van der Waals surface area contributed by atoms with E-state index >= 15 is 0 Å². The van der Waals surface area contributed by atoms with Crippen molar-refractivity contribution >= 4 is 11.3 Å². The lowest BCUT2D eigenvalue weighted by atomic mass is 9.76. The Morgan fingerprint density at radius 3 is 3.00 bits per heavy atom. The molecule has 0 radical (unpaired) electrons. The topological polar surface area (TPSA) is 25.8 Å². The number of aromatic nitrogens is 2. The maximum Gasteiger partial charge on any atom is 0.120 e. The van der Waals surface area contributed by atoms with Crippen LogP contribution < -0.4 is 0 Å². The fourth-order valence-corrected chi connectivity index (χ4v) is 2.00. The molecule has 0 bridgehead atoms. The summed E-state index contributed by atoms with van der Waals surface area (Å²) in [6, 6.07) is 0. The van der Waals surface area contributed by atoms with Crippen molar-refractivity contribution in [3.8, 4) is 12.3 Å². The van der Waals surface area contributed by atoms with Crippen molar-refractivity contribution in [2.45, 2.75) is 18.8 Å². The van der Waals surface area contributed by atoms with E-state index in [1.165, 1.54) is 0 Å². The number of nitrogens with zero attached hydrogens (tertiary/aromatic N) is 2. The SMILES string of the molecule is C#CC1CC(c2nncs2)C1. The maximum atomic E-state index is 5.27. The molecule has 1 fully saturated rings. The third-order valence-corrected chi connectivity index (χ3v) is 2.96. The van der Waals surface area contributed by atoms with Gasteiger partial charge in [0.15, 0.2) is 0 Å². The Kier molecular flexibility index (Phi) is 1.63. The van der Waals surface area contributed by atoms with Crippen molar-refractivity contribution in [1.29, 1.82) is 0 Å². The standard InChI is InChI=1S/C8H8N2S/c1-2-6-3-7(4-6)8-10-9-5-11-8/h1,5-7H,3-4H2. The summed E-state index contributed by atoms with van der Waals surface area (Å²) >= 11 is 1.63. The predicted octanol–water partition coefficient (Wildman–Crippen LogP) is 1.66. The molecule has 11 heavy (non-hydrogen) atoms. The van der Waals surface area contributed by atoms with Gasteiger partial charge in [-0.3, -0.25) is 0 Å². The summed E-state index contributed by atoms with van der Waals surface area (Å²) in [5.74, 6) is 3.84. The molecular weight excluding hydrogens is 156 g/mol. The minimum atomic E-state index is 0.490. The zero-order chi connectivity index (χ0) is 7.68. The van der Waals surface area contributed by atoms with Crippen LogP contribution in [-0.2, 0) is 0 Å². The molecule has 0 unspecified atom stereocenters. The largest absolute Gasteiger partial charge is 0.147 e.